The molecule has 3 rings (SSSR count). The fourth-order valence-corrected chi connectivity index (χ4v) is 4.48. The zero-order chi connectivity index (χ0) is 25.8. The van der Waals surface area contributed by atoms with Crippen molar-refractivity contribution in [1.29, 1.82) is 0 Å². The van der Waals surface area contributed by atoms with Crippen LogP contribution in [-0.4, -0.2) is 27.4 Å². The van der Waals surface area contributed by atoms with E-state index in [-0.39, 0.29) is 0 Å². The van der Waals surface area contributed by atoms with E-state index < -0.39 is 6.11 Å². The van der Waals surface area contributed by atoms with Gasteiger partial charge < -0.3 is 9.47 Å². The van der Waals surface area contributed by atoms with Gasteiger partial charge in [-0.2, -0.15) is 8.78 Å². The van der Waals surface area contributed by atoms with E-state index in [2.05, 4.69) is 49.0 Å². The Morgan fingerprint density at radius 1 is 0.750 bits per heavy atom. The molecule has 0 saturated heterocycles. The van der Waals surface area contributed by atoms with E-state index in [0.29, 0.717) is 6.92 Å². The molecule has 0 heterocycles. The van der Waals surface area contributed by atoms with Crippen LogP contribution in [0.2, 0.25) is 0 Å². The summed E-state index contributed by atoms with van der Waals surface area (Å²) in [5.41, 5.74) is 0.888. The lowest BCUT2D eigenvalue weighted by atomic mass is 9.49. The first-order valence-electron chi connectivity index (χ1n) is 12.0. The van der Waals surface area contributed by atoms with Crippen LogP contribution in [0.25, 0.3) is 0 Å². The molecule has 3 fully saturated rings. The van der Waals surface area contributed by atoms with Gasteiger partial charge in [-0.1, -0.05) is 39.8 Å². The first kappa shape index (κ1) is 35.7. The second-order valence-electron chi connectivity index (χ2n) is 9.80. The molecule has 0 N–H and O–H groups in total. The first-order chi connectivity index (χ1) is 14.8. The van der Waals surface area contributed by atoms with Crippen molar-refractivity contribution < 1.29 is 18.3 Å². The summed E-state index contributed by atoms with van der Waals surface area (Å²) in [6, 6.07) is 0. The monoisotopic (exact) mass is 460 g/mol. The van der Waals surface area contributed by atoms with Gasteiger partial charge in [0.25, 0.3) is 0 Å². The molecule has 0 aromatic carbocycles. The van der Waals surface area contributed by atoms with Crippen LogP contribution in [0.5, 0.6) is 0 Å². The van der Waals surface area contributed by atoms with Gasteiger partial charge in [0.2, 0.25) is 0 Å². The zero-order valence-corrected chi connectivity index (χ0v) is 23.3. The molecule has 0 bridgehead atoms. The number of ether oxygens (including phenoxy) is 2. The zero-order valence-electron chi connectivity index (χ0n) is 23.3. The number of halogens is 2. The smallest absolute Gasteiger partial charge is 0.352 e. The molecular formula is C28H54F2O2. The predicted molar refractivity (Wildman–Crippen MR) is 137 cm³/mol. The highest BCUT2D eigenvalue weighted by atomic mass is 19.3. The molecular weight excluding hydrogens is 406 g/mol. The van der Waals surface area contributed by atoms with E-state index in [1.165, 1.54) is 38.5 Å². The van der Waals surface area contributed by atoms with Gasteiger partial charge in [0.1, 0.15) is 0 Å². The molecule has 192 valence electrons. The molecule has 3 aliphatic rings. The minimum Gasteiger partial charge on any atom is -0.388 e. The van der Waals surface area contributed by atoms with E-state index in [1.807, 2.05) is 39.8 Å². The molecule has 0 unspecified atom stereocenters. The van der Waals surface area contributed by atoms with Crippen molar-refractivity contribution in [2.45, 2.75) is 107 Å². The van der Waals surface area contributed by atoms with Gasteiger partial charge in [-0.15, -0.1) is 11.8 Å². The predicted octanol–water partition coefficient (Wildman–Crippen LogP) is 9.01. The van der Waals surface area contributed by atoms with Crippen LogP contribution >= 0.6 is 0 Å². The number of alkyl halides is 2. The molecule has 0 aromatic rings. The normalized spacial score (nSPS) is 28.8. The van der Waals surface area contributed by atoms with Gasteiger partial charge in [0, 0.05) is 28.3 Å². The highest BCUT2D eigenvalue weighted by Gasteiger charge is 2.49. The molecule has 0 radical (unpaired) electrons. The number of methoxy groups -OCH3 is 2. The van der Waals surface area contributed by atoms with Crippen LogP contribution in [0.4, 0.5) is 8.78 Å². The van der Waals surface area contributed by atoms with Gasteiger partial charge in [-0.05, 0) is 95.3 Å². The molecule has 3 aliphatic carbocycles. The maximum Gasteiger partial charge on any atom is 0.352 e. The van der Waals surface area contributed by atoms with Crippen LogP contribution in [0.1, 0.15) is 101 Å². The van der Waals surface area contributed by atoms with E-state index in [1.54, 1.807) is 14.2 Å². The van der Waals surface area contributed by atoms with E-state index in [9.17, 15) is 8.78 Å². The molecule has 0 aromatic heterocycles. The summed E-state index contributed by atoms with van der Waals surface area (Å²) >= 11 is 0. The lowest BCUT2D eigenvalue weighted by Crippen LogP contribution is -2.45. The SMILES string of the molecule is CC#CC.CC1CC(C)C1.CC1CC2(C1)CC(C)C2.CC=CC.COC.COC(C)(F)F. The van der Waals surface area contributed by atoms with E-state index in [0.717, 1.165) is 36.2 Å². The lowest BCUT2D eigenvalue weighted by Gasteiger charge is -2.56. The summed E-state index contributed by atoms with van der Waals surface area (Å²) in [5, 5.41) is 0. The van der Waals surface area contributed by atoms with Crippen LogP contribution in [0.15, 0.2) is 12.2 Å². The van der Waals surface area contributed by atoms with Gasteiger partial charge in [0.05, 0.1) is 0 Å². The van der Waals surface area contributed by atoms with Crippen molar-refractivity contribution in [3.8, 4) is 11.8 Å². The first-order valence-corrected chi connectivity index (χ1v) is 12.0. The van der Waals surface area contributed by atoms with Crippen molar-refractivity contribution in [2.75, 3.05) is 21.3 Å². The average molecular weight is 461 g/mol. The summed E-state index contributed by atoms with van der Waals surface area (Å²) in [6.45, 7) is 17.7. The maximum atomic E-state index is 11.2. The number of rotatable bonds is 1. The Bertz CT molecular complexity index is 446. The summed E-state index contributed by atoms with van der Waals surface area (Å²) in [4.78, 5) is 0. The fraction of sp³-hybridized carbons (Fsp3) is 0.857. The van der Waals surface area contributed by atoms with E-state index >= 15 is 0 Å². The molecule has 0 amide bonds. The quantitative estimate of drug-likeness (QED) is 0.287. The van der Waals surface area contributed by atoms with Crippen molar-refractivity contribution in [3.05, 3.63) is 12.2 Å². The van der Waals surface area contributed by atoms with Crippen molar-refractivity contribution >= 4 is 0 Å². The third-order valence-corrected chi connectivity index (χ3v) is 5.68. The second kappa shape index (κ2) is 20.7. The third-order valence-electron chi connectivity index (χ3n) is 5.68. The summed E-state index contributed by atoms with van der Waals surface area (Å²) in [7, 11) is 4.21. The standard InChI is InChI=1S/C9H16.C6H12.C4H8.C4H6.C3H6F2O.C2H6O/c1-7-3-9(4-7)5-8(2)6-9;1-5-3-6(2)4-5;2*1-3-4-2;1-3(4,5)6-2;1-3-2/h7-8H,3-6H2,1-2H3;5-6H,3-4H2,1-2H3;3-4H,1-2H3;1-2H3;1-2H3;1-2H3. The van der Waals surface area contributed by atoms with Gasteiger partial charge >= 0.3 is 6.11 Å². The Morgan fingerprint density at radius 2 is 1.00 bits per heavy atom. The molecule has 4 heteroatoms. The highest BCUT2D eigenvalue weighted by molar-refractivity contribution is 5.00. The molecule has 2 nitrogen and oxygen atoms in total. The van der Waals surface area contributed by atoms with Crippen LogP contribution < -0.4 is 0 Å². The number of allylic oxidation sites excluding steroid dienone is 2. The molecule has 0 atom stereocenters. The Labute approximate surface area is 199 Å². The second-order valence-corrected chi connectivity index (χ2v) is 9.80. The topological polar surface area (TPSA) is 18.5 Å². The number of hydrogen-bond acceptors (Lipinski definition) is 2. The summed E-state index contributed by atoms with van der Waals surface area (Å²) in [6.07, 6.45) is 10.1. The van der Waals surface area contributed by atoms with Gasteiger partial charge in [-0.25, -0.2) is 0 Å². The lowest BCUT2D eigenvalue weighted by molar-refractivity contribution is -0.205. The molecule has 1 spiro atoms. The Kier molecular flexibility index (Phi) is 23.0. The minimum atomic E-state index is -2.96. The van der Waals surface area contributed by atoms with Crippen LogP contribution in [-0.2, 0) is 9.47 Å². The Hall–Kier alpha value is -0.920. The fourth-order valence-electron chi connectivity index (χ4n) is 4.48. The summed E-state index contributed by atoms with van der Waals surface area (Å²) < 4.78 is 30.3. The molecule has 3 saturated carbocycles. The van der Waals surface area contributed by atoms with Crippen molar-refractivity contribution in [1.82, 2.24) is 0 Å². The van der Waals surface area contributed by atoms with Gasteiger partial charge in [0.15, 0.2) is 0 Å². The molecule has 0 aliphatic heterocycles. The van der Waals surface area contributed by atoms with Crippen molar-refractivity contribution in [2.24, 2.45) is 29.1 Å². The summed E-state index contributed by atoms with van der Waals surface area (Å²) in [5.74, 6) is 9.55. The molecule has 32 heavy (non-hydrogen) atoms. The Balaban J connectivity index is -0.000000331. The van der Waals surface area contributed by atoms with Crippen molar-refractivity contribution in [3.63, 3.8) is 0 Å². The highest BCUT2D eigenvalue weighted by Crippen LogP contribution is 2.60. The van der Waals surface area contributed by atoms with Gasteiger partial charge in [-0.3, -0.25) is 0 Å². The minimum absolute atomic E-state index is 0.688. The largest absolute Gasteiger partial charge is 0.388 e. The Morgan fingerprint density at radius 3 is 1.06 bits per heavy atom. The van der Waals surface area contributed by atoms with Crippen LogP contribution in [0, 0.1) is 40.9 Å². The van der Waals surface area contributed by atoms with E-state index in [4.69, 9.17) is 0 Å². The number of hydrogen-bond donors (Lipinski definition) is 0. The average Bonchev–Trinajstić information content (AvgIpc) is 2.66. The van der Waals surface area contributed by atoms with Crippen LogP contribution in [0.3, 0.4) is 0 Å². The third kappa shape index (κ3) is 22.3. The maximum absolute atomic E-state index is 11.2.